The van der Waals surface area contributed by atoms with Gasteiger partial charge in [-0.25, -0.2) is 0 Å². The molecule has 0 atom stereocenters. The zero-order valence-corrected chi connectivity index (χ0v) is 8.91. The van der Waals surface area contributed by atoms with Crippen molar-refractivity contribution in [2.75, 3.05) is 38.2 Å². The molecular weight excluding hydrogens is 196 g/mol. The van der Waals surface area contributed by atoms with E-state index in [0.29, 0.717) is 0 Å². The molecule has 0 bridgehead atoms. The first kappa shape index (κ1) is 11.6. The molecular formula is C10H16N2O3. The van der Waals surface area contributed by atoms with Crippen LogP contribution < -0.4 is 15.5 Å². The van der Waals surface area contributed by atoms with Crippen LogP contribution in [0, 0.1) is 0 Å². The van der Waals surface area contributed by atoms with Gasteiger partial charge in [0.2, 0.25) is 0 Å². The van der Waals surface area contributed by atoms with Crippen molar-refractivity contribution in [2.45, 2.75) is 0 Å². The second-order valence-electron chi connectivity index (χ2n) is 2.84. The number of rotatable bonds is 6. The van der Waals surface area contributed by atoms with Gasteiger partial charge >= 0.3 is 0 Å². The lowest BCUT2D eigenvalue weighted by Gasteiger charge is -2.11. The highest BCUT2D eigenvalue weighted by Gasteiger charge is 2.02. The van der Waals surface area contributed by atoms with Crippen LogP contribution in [0.25, 0.3) is 0 Å². The molecule has 0 aliphatic heterocycles. The first-order valence-electron chi connectivity index (χ1n) is 4.66. The van der Waals surface area contributed by atoms with Gasteiger partial charge < -0.3 is 15.2 Å². The lowest BCUT2D eigenvalue weighted by Crippen LogP contribution is -2.06. The van der Waals surface area contributed by atoms with Gasteiger partial charge in [0.05, 0.1) is 31.7 Å². The summed E-state index contributed by atoms with van der Waals surface area (Å²) in [7, 11) is 3.43. The van der Waals surface area contributed by atoms with Crippen LogP contribution in [0.5, 0.6) is 5.75 Å². The lowest BCUT2D eigenvalue weighted by atomic mass is 10.2. The van der Waals surface area contributed by atoms with E-state index in [-0.39, 0.29) is 13.2 Å². The van der Waals surface area contributed by atoms with Crippen molar-refractivity contribution < 1.29 is 14.7 Å². The van der Waals surface area contributed by atoms with Crippen molar-refractivity contribution in [3.05, 3.63) is 18.2 Å². The highest BCUT2D eigenvalue weighted by Crippen LogP contribution is 2.27. The monoisotopic (exact) mass is 212 g/mol. The molecule has 0 unspecified atom stereocenters. The molecule has 5 heteroatoms. The van der Waals surface area contributed by atoms with E-state index in [9.17, 15) is 0 Å². The fourth-order valence-electron chi connectivity index (χ4n) is 1.14. The summed E-state index contributed by atoms with van der Waals surface area (Å²) in [5, 5.41) is 11.5. The Morgan fingerprint density at radius 1 is 1.40 bits per heavy atom. The van der Waals surface area contributed by atoms with Crippen molar-refractivity contribution in [1.29, 1.82) is 0 Å². The summed E-state index contributed by atoms with van der Waals surface area (Å²) in [5.41, 5.74) is 4.39. The SMILES string of the molecule is CNc1ccc(NOCCO)cc1OC. The first-order chi connectivity index (χ1) is 7.31. The second-order valence-corrected chi connectivity index (χ2v) is 2.84. The van der Waals surface area contributed by atoms with Crippen LogP contribution in [0.15, 0.2) is 18.2 Å². The molecule has 0 aliphatic carbocycles. The van der Waals surface area contributed by atoms with Crippen LogP contribution in [-0.4, -0.2) is 32.5 Å². The van der Waals surface area contributed by atoms with Gasteiger partial charge in [0.1, 0.15) is 5.75 Å². The van der Waals surface area contributed by atoms with E-state index in [1.165, 1.54) is 0 Å². The summed E-state index contributed by atoms with van der Waals surface area (Å²) in [6.45, 7) is 0.231. The highest BCUT2D eigenvalue weighted by atomic mass is 16.6. The van der Waals surface area contributed by atoms with E-state index in [4.69, 9.17) is 14.7 Å². The standard InChI is InChI=1S/C10H16N2O3/c1-11-9-4-3-8(7-10(9)14-2)12-15-6-5-13/h3-4,7,11-13H,5-6H2,1-2H3. The highest BCUT2D eigenvalue weighted by molar-refractivity contribution is 5.63. The fraction of sp³-hybridized carbons (Fsp3) is 0.400. The Bertz CT molecular complexity index is 305. The molecule has 0 aromatic heterocycles. The summed E-state index contributed by atoms with van der Waals surface area (Å²) >= 11 is 0. The van der Waals surface area contributed by atoms with Gasteiger partial charge in [-0.05, 0) is 12.1 Å². The van der Waals surface area contributed by atoms with Crippen LogP contribution in [0.2, 0.25) is 0 Å². The van der Waals surface area contributed by atoms with E-state index in [0.717, 1.165) is 17.1 Å². The van der Waals surface area contributed by atoms with Gasteiger partial charge in [-0.3, -0.25) is 10.3 Å². The van der Waals surface area contributed by atoms with Gasteiger partial charge in [0, 0.05) is 13.1 Å². The first-order valence-corrected chi connectivity index (χ1v) is 4.66. The number of ether oxygens (including phenoxy) is 1. The Balaban J connectivity index is 2.66. The second kappa shape index (κ2) is 6.10. The quantitative estimate of drug-likeness (QED) is 0.486. The minimum absolute atomic E-state index is 0.0151. The largest absolute Gasteiger partial charge is 0.495 e. The predicted molar refractivity (Wildman–Crippen MR) is 59.2 cm³/mol. The fourth-order valence-corrected chi connectivity index (χ4v) is 1.14. The van der Waals surface area contributed by atoms with Crippen molar-refractivity contribution in [2.24, 2.45) is 0 Å². The van der Waals surface area contributed by atoms with E-state index < -0.39 is 0 Å². The smallest absolute Gasteiger partial charge is 0.144 e. The number of aliphatic hydroxyl groups is 1. The number of hydrogen-bond donors (Lipinski definition) is 3. The molecule has 0 heterocycles. The predicted octanol–water partition coefficient (Wildman–Crippen LogP) is 1.07. The number of aliphatic hydroxyl groups excluding tert-OH is 1. The van der Waals surface area contributed by atoms with Crippen LogP contribution in [-0.2, 0) is 4.84 Å². The van der Waals surface area contributed by atoms with Crippen molar-refractivity contribution in [3.8, 4) is 5.75 Å². The maximum absolute atomic E-state index is 8.53. The Hall–Kier alpha value is -1.46. The summed E-state index contributed by atoms with van der Waals surface area (Å²) < 4.78 is 5.18. The van der Waals surface area contributed by atoms with Crippen LogP contribution in [0.3, 0.4) is 0 Å². The number of nitrogens with one attached hydrogen (secondary N) is 2. The van der Waals surface area contributed by atoms with Gasteiger partial charge in [-0.1, -0.05) is 0 Å². The van der Waals surface area contributed by atoms with E-state index >= 15 is 0 Å². The van der Waals surface area contributed by atoms with Crippen molar-refractivity contribution in [1.82, 2.24) is 0 Å². The summed E-state index contributed by atoms with van der Waals surface area (Å²) in [5.74, 6) is 0.732. The molecule has 1 aromatic carbocycles. The summed E-state index contributed by atoms with van der Waals surface area (Å²) in [6, 6.07) is 5.54. The molecule has 0 spiro atoms. The van der Waals surface area contributed by atoms with Crippen LogP contribution in [0.4, 0.5) is 11.4 Å². The lowest BCUT2D eigenvalue weighted by molar-refractivity contribution is 0.133. The molecule has 1 rings (SSSR count). The Kier molecular flexibility index (Phi) is 4.73. The molecule has 0 fully saturated rings. The Labute approximate surface area is 89.0 Å². The average molecular weight is 212 g/mol. The molecule has 5 nitrogen and oxygen atoms in total. The molecule has 0 aliphatic rings. The maximum Gasteiger partial charge on any atom is 0.144 e. The molecule has 15 heavy (non-hydrogen) atoms. The normalized spacial score (nSPS) is 9.80. The molecule has 0 radical (unpaired) electrons. The number of methoxy groups -OCH3 is 1. The molecule has 0 saturated heterocycles. The maximum atomic E-state index is 8.53. The average Bonchev–Trinajstić information content (AvgIpc) is 2.29. The zero-order valence-electron chi connectivity index (χ0n) is 8.91. The minimum atomic E-state index is -0.0151. The molecule has 1 aromatic rings. The third kappa shape index (κ3) is 3.30. The van der Waals surface area contributed by atoms with E-state index in [2.05, 4.69) is 10.8 Å². The van der Waals surface area contributed by atoms with Crippen molar-refractivity contribution in [3.63, 3.8) is 0 Å². The Morgan fingerprint density at radius 2 is 2.20 bits per heavy atom. The van der Waals surface area contributed by atoms with E-state index in [1.807, 2.05) is 25.2 Å². The number of anilines is 2. The third-order valence-corrected chi connectivity index (χ3v) is 1.85. The molecule has 0 amide bonds. The number of benzene rings is 1. The molecule has 3 N–H and O–H groups in total. The third-order valence-electron chi connectivity index (χ3n) is 1.85. The Morgan fingerprint density at radius 3 is 2.80 bits per heavy atom. The van der Waals surface area contributed by atoms with Gasteiger partial charge in [-0.15, -0.1) is 0 Å². The minimum Gasteiger partial charge on any atom is -0.495 e. The summed E-state index contributed by atoms with van der Waals surface area (Å²) in [4.78, 5) is 4.97. The van der Waals surface area contributed by atoms with Crippen molar-refractivity contribution >= 4 is 11.4 Å². The van der Waals surface area contributed by atoms with E-state index in [1.54, 1.807) is 7.11 Å². The summed E-state index contributed by atoms with van der Waals surface area (Å²) in [6.07, 6.45) is 0. The van der Waals surface area contributed by atoms with Gasteiger partial charge in [0.25, 0.3) is 0 Å². The van der Waals surface area contributed by atoms with Crippen LogP contribution in [0.1, 0.15) is 0 Å². The molecule has 84 valence electrons. The topological polar surface area (TPSA) is 62.8 Å². The van der Waals surface area contributed by atoms with Gasteiger partial charge in [-0.2, -0.15) is 0 Å². The zero-order chi connectivity index (χ0) is 11.1. The van der Waals surface area contributed by atoms with Crippen LogP contribution >= 0.6 is 0 Å². The van der Waals surface area contributed by atoms with Gasteiger partial charge in [0.15, 0.2) is 0 Å². The number of hydrogen-bond acceptors (Lipinski definition) is 5. The molecule has 0 saturated carbocycles.